The van der Waals surface area contributed by atoms with Crippen molar-refractivity contribution in [3.05, 3.63) is 59.4 Å². The van der Waals surface area contributed by atoms with E-state index >= 15 is 0 Å². The van der Waals surface area contributed by atoms with Crippen LogP contribution in [0, 0.1) is 6.92 Å². The Kier molecular flexibility index (Phi) is 4.84. The van der Waals surface area contributed by atoms with E-state index in [0.717, 1.165) is 18.4 Å². The van der Waals surface area contributed by atoms with Crippen LogP contribution in [0.3, 0.4) is 0 Å². The van der Waals surface area contributed by atoms with E-state index in [1.807, 2.05) is 25.1 Å². The Morgan fingerprint density at radius 3 is 2.37 bits per heavy atom. The molecular formula is C23H27N5O2. The average molecular weight is 406 g/mol. The highest BCUT2D eigenvalue weighted by Gasteiger charge is 2.51. The summed E-state index contributed by atoms with van der Waals surface area (Å²) < 4.78 is 7.03. The number of benzene rings is 2. The first-order valence-corrected chi connectivity index (χ1v) is 10.1. The molecule has 1 aliphatic rings. The number of hydrogen-bond acceptors (Lipinski definition) is 5. The molecule has 1 aromatic heterocycles. The van der Waals surface area contributed by atoms with Gasteiger partial charge in [0.05, 0.1) is 12.5 Å². The van der Waals surface area contributed by atoms with Crippen molar-refractivity contribution in [1.82, 2.24) is 20.2 Å². The van der Waals surface area contributed by atoms with Gasteiger partial charge in [0.15, 0.2) is 5.82 Å². The highest BCUT2D eigenvalue weighted by molar-refractivity contribution is 6.01. The van der Waals surface area contributed by atoms with E-state index in [2.05, 4.69) is 65.9 Å². The molecule has 0 atom stereocenters. The molecule has 0 radical (unpaired) electrons. The number of nitrogens with one attached hydrogen (secondary N) is 1. The lowest BCUT2D eigenvalue weighted by molar-refractivity contribution is -0.118. The maximum atomic E-state index is 13.2. The van der Waals surface area contributed by atoms with Crippen LogP contribution in [0.5, 0.6) is 5.75 Å². The third-order valence-corrected chi connectivity index (χ3v) is 5.78. The fraction of sp³-hybridized carbons (Fsp3) is 0.391. The Balaban J connectivity index is 1.59. The molecule has 0 bridgehead atoms. The standard InChI is InChI=1S/C23H27N5O2/c1-15-25-26-27-28(15)19-14-18(10-11-20(19)30-5)24-21(29)23(12-13-23)17-8-6-16(7-9-17)22(2,3)4/h6-11,14H,12-13H2,1-5H3,(H,24,29). The number of carbonyl (C=O) groups excluding carboxylic acids is 1. The van der Waals surface area contributed by atoms with Gasteiger partial charge in [0.2, 0.25) is 5.91 Å². The summed E-state index contributed by atoms with van der Waals surface area (Å²) in [6.45, 7) is 8.38. The molecule has 2 aromatic carbocycles. The Bertz CT molecular complexity index is 1080. The van der Waals surface area contributed by atoms with Crippen molar-refractivity contribution >= 4 is 11.6 Å². The van der Waals surface area contributed by atoms with E-state index in [4.69, 9.17) is 4.74 Å². The van der Waals surface area contributed by atoms with Gasteiger partial charge in [-0.25, -0.2) is 0 Å². The Labute approximate surface area is 176 Å². The van der Waals surface area contributed by atoms with E-state index in [1.54, 1.807) is 11.8 Å². The molecular weight excluding hydrogens is 378 g/mol. The van der Waals surface area contributed by atoms with Crippen molar-refractivity contribution in [1.29, 1.82) is 0 Å². The van der Waals surface area contributed by atoms with Crippen molar-refractivity contribution in [2.24, 2.45) is 0 Å². The number of aromatic nitrogens is 4. The summed E-state index contributed by atoms with van der Waals surface area (Å²) in [6.07, 6.45) is 1.70. The van der Waals surface area contributed by atoms with Gasteiger partial charge < -0.3 is 10.1 Å². The van der Waals surface area contributed by atoms with Gasteiger partial charge >= 0.3 is 0 Å². The maximum absolute atomic E-state index is 13.2. The lowest BCUT2D eigenvalue weighted by atomic mass is 9.85. The summed E-state index contributed by atoms with van der Waals surface area (Å²) in [5.41, 5.74) is 3.32. The number of methoxy groups -OCH3 is 1. The van der Waals surface area contributed by atoms with Crippen molar-refractivity contribution in [3.8, 4) is 11.4 Å². The molecule has 4 rings (SSSR count). The average Bonchev–Trinajstić information content (AvgIpc) is 3.43. The molecule has 156 valence electrons. The van der Waals surface area contributed by atoms with E-state index < -0.39 is 5.41 Å². The van der Waals surface area contributed by atoms with Gasteiger partial charge in [0, 0.05) is 5.69 Å². The number of rotatable bonds is 5. The van der Waals surface area contributed by atoms with Crippen LogP contribution in [-0.4, -0.2) is 33.2 Å². The summed E-state index contributed by atoms with van der Waals surface area (Å²) in [7, 11) is 1.59. The number of nitrogens with zero attached hydrogens (tertiary/aromatic N) is 4. The molecule has 1 saturated carbocycles. The van der Waals surface area contributed by atoms with Gasteiger partial charge in [-0.1, -0.05) is 45.0 Å². The maximum Gasteiger partial charge on any atom is 0.235 e. The van der Waals surface area contributed by atoms with Crippen LogP contribution in [0.25, 0.3) is 5.69 Å². The predicted octanol–water partition coefficient (Wildman–Crippen LogP) is 3.95. The number of tetrazole rings is 1. The normalized spacial score (nSPS) is 15.0. The topological polar surface area (TPSA) is 81.9 Å². The molecule has 1 fully saturated rings. The Hall–Kier alpha value is -3.22. The van der Waals surface area contributed by atoms with E-state index in [9.17, 15) is 4.79 Å². The first-order valence-electron chi connectivity index (χ1n) is 10.1. The third-order valence-electron chi connectivity index (χ3n) is 5.78. The molecule has 1 N–H and O–H groups in total. The zero-order valence-electron chi connectivity index (χ0n) is 18.1. The number of carbonyl (C=O) groups is 1. The molecule has 1 aliphatic carbocycles. The molecule has 1 heterocycles. The summed E-state index contributed by atoms with van der Waals surface area (Å²) in [5, 5.41) is 14.7. The van der Waals surface area contributed by atoms with E-state index in [-0.39, 0.29) is 11.3 Å². The summed E-state index contributed by atoms with van der Waals surface area (Å²) in [4.78, 5) is 13.2. The Morgan fingerprint density at radius 2 is 1.83 bits per heavy atom. The smallest absolute Gasteiger partial charge is 0.235 e. The van der Waals surface area contributed by atoms with Crippen molar-refractivity contribution < 1.29 is 9.53 Å². The van der Waals surface area contributed by atoms with Crippen LogP contribution < -0.4 is 10.1 Å². The minimum absolute atomic E-state index is 0.00978. The molecule has 0 unspecified atom stereocenters. The van der Waals surface area contributed by atoms with Gasteiger partial charge in [-0.2, -0.15) is 4.68 Å². The quantitative estimate of drug-likeness (QED) is 0.695. The van der Waals surface area contributed by atoms with Crippen LogP contribution in [0.1, 0.15) is 50.6 Å². The zero-order valence-corrected chi connectivity index (χ0v) is 18.1. The van der Waals surface area contributed by atoms with Gasteiger partial charge in [-0.3, -0.25) is 4.79 Å². The largest absolute Gasteiger partial charge is 0.494 e. The summed E-state index contributed by atoms with van der Waals surface area (Å²) >= 11 is 0. The number of anilines is 1. The molecule has 7 heteroatoms. The van der Waals surface area contributed by atoms with E-state index in [0.29, 0.717) is 22.9 Å². The summed E-state index contributed by atoms with van der Waals surface area (Å²) in [5.74, 6) is 1.27. The fourth-order valence-electron chi connectivity index (χ4n) is 3.70. The highest BCUT2D eigenvalue weighted by Crippen LogP contribution is 2.49. The van der Waals surface area contributed by atoms with Crippen molar-refractivity contribution in [2.75, 3.05) is 12.4 Å². The molecule has 1 amide bonds. The second-order valence-corrected chi connectivity index (χ2v) is 8.89. The van der Waals surface area contributed by atoms with Crippen molar-refractivity contribution in [2.45, 2.75) is 51.4 Å². The molecule has 3 aromatic rings. The van der Waals surface area contributed by atoms with Gasteiger partial charge in [0.1, 0.15) is 11.4 Å². The number of aryl methyl sites for hydroxylation is 1. The summed E-state index contributed by atoms with van der Waals surface area (Å²) in [6, 6.07) is 13.9. The monoisotopic (exact) mass is 405 g/mol. The first-order chi connectivity index (χ1) is 14.2. The third kappa shape index (κ3) is 3.56. The van der Waals surface area contributed by atoms with Gasteiger partial charge in [0.25, 0.3) is 0 Å². The van der Waals surface area contributed by atoms with Gasteiger partial charge in [-0.05, 0) is 64.9 Å². The van der Waals surface area contributed by atoms with Crippen LogP contribution in [0.15, 0.2) is 42.5 Å². The van der Waals surface area contributed by atoms with Crippen LogP contribution in [0.2, 0.25) is 0 Å². The lowest BCUT2D eigenvalue weighted by Gasteiger charge is -2.21. The number of hydrogen-bond donors (Lipinski definition) is 1. The number of ether oxygens (including phenoxy) is 1. The van der Waals surface area contributed by atoms with Crippen molar-refractivity contribution in [3.63, 3.8) is 0 Å². The minimum Gasteiger partial charge on any atom is -0.494 e. The van der Waals surface area contributed by atoms with Crippen LogP contribution in [0.4, 0.5) is 5.69 Å². The molecule has 0 aliphatic heterocycles. The van der Waals surface area contributed by atoms with E-state index in [1.165, 1.54) is 5.56 Å². The molecule has 7 nitrogen and oxygen atoms in total. The second kappa shape index (κ2) is 7.23. The predicted molar refractivity (Wildman–Crippen MR) is 115 cm³/mol. The minimum atomic E-state index is -0.457. The van der Waals surface area contributed by atoms with Crippen LogP contribution in [-0.2, 0) is 15.6 Å². The van der Waals surface area contributed by atoms with Crippen LogP contribution >= 0.6 is 0 Å². The van der Waals surface area contributed by atoms with Gasteiger partial charge in [-0.15, -0.1) is 5.10 Å². The highest BCUT2D eigenvalue weighted by atomic mass is 16.5. The SMILES string of the molecule is COc1ccc(NC(=O)C2(c3ccc(C(C)(C)C)cc3)CC2)cc1-n1nnnc1C. The lowest BCUT2D eigenvalue weighted by Crippen LogP contribution is -2.28. The second-order valence-electron chi connectivity index (χ2n) is 8.89. The fourth-order valence-corrected chi connectivity index (χ4v) is 3.70. The number of amides is 1. The molecule has 30 heavy (non-hydrogen) atoms. The molecule has 0 spiro atoms. The Morgan fingerprint density at radius 1 is 1.13 bits per heavy atom. The first kappa shape index (κ1) is 20.1. The zero-order chi connectivity index (χ0) is 21.5. The molecule has 0 saturated heterocycles.